The van der Waals surface area contributed by atoms with Gasteiger partial charge in [0.05, 0.1) is 5.56 Å². The van der Waals surface area contributed by atoms with Gasteiger partial charge < -0.3 is 16.0 Å². The van der Waals surface area contributed by atoms with Crippen molar-refractivity contribution in [2.24, 2.45) is 5.92 Å². The Hall–Kier alpha value is -3.28. The van der Waals surface area contributed by atoms with Gasteiger partial charge in [0, 0.05) is 37.3 Å². The summed E-state index contributed by atoms with van der Waals surface area (Å²) in [7, 11) is 0. The molecule has 3 N–H and O–H groups in total. The van der Waals surface area contributed by atoms with Gasteiger partial charge in [-0.1, -0.05) is 44.2 Å². The van der Waals surface area contributed by atoms with E-state index in [0.717, 1.165) is 43.6 Å². The Morgan fingerprint density at radius 1 is 1.15 bits per heavy atom. The van der Waals surface area contributed by atoms with Crippen LogP contribution < -0.4 is 16.0 Å². The Bertz CT molecular complexity index is 1180. The Morgan fingerprint density at radius 3 is 2.59 bits per heavy atom. The number of carbonyl (C=O) groups excluding carboxylic acids is 1. The number of nitrogens with zero attached hydrogens (tertiary/aromatic N) is 4. The Morgan fingerprint density at radius 2 is 1.92 bits per heavy atom. The third-order valence-corrected chi connectivity index (χ3v) is 7.36. The molecule has 1 aliphatic carbocycles. The fourth-order valence-electron chi connectivity index (χ4n) is 4.67. The maximum absolute atomic E-state index is 13.4. The van der Waals surface area contributed by atoms with Crippen LogP contribution in [0.15, 0.2) is 49.1 Å². The second kappa shape index (κ2) is 13.7. The average Bonchev–Trinajstić information content (AvgIpc) is 3.47. The van der Waals surface area contributed by atoms with Gasteiger partial charge in [-0.3, -0.25) is 9.36 Å². The molecule has 0 saturated heterocycles. The minimum atomic E-state index is -4.40. The molecule has 3 aromatic rings. The topological polar surface area (TPSA) is 96.8 Å². The number of hydrogen-bond acceptors (Lipinski definition) is 7. The smallest absolute Gasteiger partial charge is 0.358 e. The molecule has 8 nitrogen and oxygen atoms in total. The van der Waals surface area contributed by atoms with E-state index in [2.05, 4.69) is 30.9 Å². The van der Waals surface area contributed by atoms with Crippen molar-refractivity contribution in [3.05, 3.63) is 60.2 Å². The van der Waals surface area contributed by atoms with Crippen molar-refractivity contribution >= 4 is 29.4 Å². The molecule has 0 spiro atoms. The summed E-state index contributed by atoms with van der Waals surface area (Å²) < 4.78 is 40.5. The molecule has 0 unspecified atom stereocenters. The molecular formula is C27H34F3N7OS. The predicted octanol–water partition coefficient (Wildman–Crippen LogP) is 5.52. The first-order valence-corrected chi connectivity index (χ1v) is 14.5. The molecule has 1 saturated carbocycles. The maximum atomic E-state index is 13.4. The third-order valence-electron chi connectivity index (χ3n) is 6.75. The highest BCUT2D eigenvalue weighted by molar-refractivity contribution is 7.98. The summed E-state index contributed by atoms with van der Waals surface area (Å²) in [5.41, 5.74) is -0.119. The molecule has 39 heavy (non-hydrogen) atoms. The lowest BCUT2D eigenvalue weighted by molar-refractivity contribution is -0.137. The minimum absolute atomic E-state index is 0.130. The van der Waals surface area contributed by atoms with Gasteiger partial charge in [-0.15, -0.1) is 0 Å². The van der Waals surface area contributed by atoms with Crippen LogP contribution in [0.25, 0.3) is 5.82 Å². The zero-order valence-electron chi connectivity index (χ0n) is 21.9. The van der Waals surface area contributed by atoms with E-state index in [1.54, 1.807) is 41.1 Å². The molecule has 210 valence electrons. The van der Waals surface area contributed by atoms with Crippen molar-refractivity contribution in [1.82, 2.24) is 24.8 Å². The van der Waals surface area contributed by atoms with E-state index in [4.69, 9.17) is 0 Å². The summed E-state index contributed by atoms with van der Waals surface area (Å²) in [6.45, 7) is 0.818. The van der Waals surface area contributed by atoms with Crippen molar-refractivity contribution < 1.29 is 18.0 Å². The zero-order chi connectivity index (χ0) is 27.7. The molecule has 12 heteroatoms. The Kier molecular flexibility index (Phi) is 10.1. The van der Waals surface area contributed by atoms with Crippen LogP contribution in [0, 0.1) is 5.92 Å². The fraction of sp³-hybridized carbons (Fsp3) is 0.481. The molecule has 1 aliphatic rings. The quantitative estimate of drug-likeness (QED) is 0.251. The summed E-state index contributed by atoms with van der Waals surface area (Å²) in [5, 5.41) is 9.48. The first kappa shape index (κ1) is 28.7. The average molecular weight is 562 g/mol. The minimum Gasteiger partial charge on any atom is -0.358 e. The van der Waals surface area contributed by atoms with Gasteiger partial charge in [-0.05, 0) is 36.3 Å². The first-order chi connectivity index (χ1) is 18.8. The van der Waals surface area contributed by atoms with E-state index >= 15 is 0 Å². The number of nitrogens with one attached hydrogen (secondary N) is 3. The number of anilines is 2. The summed E-state index contributed by atoms with van der Waals surface area (Å²) in [4.78, 5) is 26.7. The van der Waals surface area contributed by atoms with Gasteiger partial charge >= 0.3 is 6.18 Å². The Balaban J connectivity index is 1.51. The fourth-order valence-corrected chi connectivity index (χ4v) is 4.98. The molecule has 0 radical (unpaired) electrons. The van der Waals surface area contributed by atoms with E-state index < -0.39 is 17.8 Å². The molecule has 2 heterocycles. The maximum Gasteiger partial charge on any atom is 0.416 e. The summed E-state index contributed by atoms with van der Waals surface area (Å²) in [6, 6.07) is 6.06. The van der Waals surface area contributed by atoms with E-state index in [1.165, 1.54) is 18.6 Å². The van der Waals surface area contributed by atoms with Crippen molar-refractivity contribution in [3.63, 3.8) is 0 Å². The van der Waals surface area contributed by atoms with Crippen molar-refractivity contribution in [2.75, 3.05) is 29.2 Å². The van der Waals surface area contributed by atoms with E-state index in [1.807, 2.05) is 6.26 Å². The van der Waals surface area contributed by atoms with Crippen LogP contribution in [0.5, 0.6) is 0 Å². The van der Waals surface area contributed by atoms with Crippen molar-refractivity contribution in [3.8, 4) is 5.82 Å². The number of aromatic nitrogens is 4. The second-order valence-electron chi connectivity index (χ2n) is 9.67. The zero-order valence-corrected chi connectivity index (χ0v) is 22.7. The number of imidazole rings is 1. The first-order valence-electron chi connectivity index (χ1n) is 13.1. The number of thioether (sulfide) groups is 1. The molecule has 2 aromatic heterocycles. The van der Waals surface area contributed by atoms with Crippen LogP contribution in [0.3, 0.4) is 0 Å². The molecule has 1 atom stereocenters. The number of benzene rings is 1. The molecule has 1 fully saturated rings. The molecule has 1 amide bonds. The lowest BCUT2D eigenvalue weighted by Gasteiger charge is -2.27. The SMILES string of the molecule is CSCCNc1nc(N[C@H](CC2CCCCC2)C(=O)NCc2ccc(C(F)(F)F)cc2)cc(-n2ccnc2)n1. The summed E-state index contributed by atoms with van der Waals surface area (Å²) in [6.07, 6.45) is 8.99. The van der Waals surface area contributed by atoms with Crippen LogP contribution >= 0.6 is 11.8 Å². The number of amides is 1. The lowest BCUT2D eigenvalue weighted by Crippen LogP contribution is -2.41. The lowest BCUT2D eigenvalue weighted by atomic mass is 9.84. The standard InChI is InChI=1S/C27H34F3N7OS/c1-39-14-12-32-26-35-23(16-24(36-26)37-13-11-31-18-37)34-22(15-19-5-3-2-4-6-19)25(38)33-17-20-7-9-21(10-8-20)27(28,29)30/h7-11,13,16,18-19,22H,2-6,12,14-15,17H2,1H3,(H,33,38)(H2,32,34,35,36)/t22-/m1/s1. The van der Waals surface area contributed by atoms with Gasteiger partial charge in [-0.2, -0.15) is 34.9 Å². The number of carbonyl (C=O) groups is 1. The molecular weight excluding hydrogens is 527 g/mol. The summed E-state index contributed by atoms with van der Waals surface area (Å²) in [5.74, 6) is 2.63. The number of halogens is 3. The molecule has 4 rings (SSSR count). The second-order valence-corrected chi connectivity index (χ2v) is 10.7. The van der Waals surface area contributed by atoms with Gasteiger partial charge in [0.1, 0.15) is 24.0 Å². The van der Waals surface area contributed by atoms with Gasteiger partial charge in [0.2, 0.25) is 11.9 Å². The van der Waals surface area contributed by atoms with Crippen molar-refractivity contribution in [1.29, 1.82) is 0 Å². The molecule has 1 aromatic carbocycles. The predicted molar refractivity (Wildman–Crippen MR) is 148 cm³/mol. The van der Waals surface area contributed by atoms with Gasteiger partial charge in [-0.25, -0.2) is 4.98 Å². The normalized spacial score (nSPS) is 15.1. The highest BCUT2D eigenvalue weighted by atomic mass is 32.2. The van der Waals surface area contributed by atoms with Crippen LogP contribution in [-0.4, -0.2) is 50.0 Å². The van der Waals surface area contributed by atoms with Crippen LogP contribution in [0.2, 0.25) is 0 Å². The van der Waals surface area contributed by atoms with Gasteiger partial charge in [0.25, 0.3) is 0 Å². The third kappa shape index (κ3) is 8.61. The van der Waals surface area contributed by atoms with Crippen LogP contribution in [0.4, 0.5) is 24.9 Å². The molecule has 0 bridgehead atoms. The monoisotopic (exact) mass is 561 g/mol. The van der Waals surface area contributed by atoms with Crippen molar-refractivity contribution in [2.45, 2.75) is 57.3 Å². The summed E-state index contributed by atoms with van der Waals surface area (Å²) >= 11 is 1.71. The van der Waals surface area contributed by atoms with Gasteiger partial charge in [0.15, 0.2) is 0 Å². The van der Waals surface area contributed by atoms with E-state index in [-0.39, 0.29) is 12.5 Å². The van der Waals surface area contributed by atoms with Crippen LogP contribution in [-0.2, 0) is 17.5 Å². The number of alkyl halides is 3. The number of rotatable bonds is 12. The van der Waals surface area contributed by atoms with Crippen LogP contribution in [0.1, 0.15) is 49.7 Å². The van der Waals surface area contributed by atoms with E-state index in [9.17, 15) is 18.0 Å². The largest absolute Gasteiger partial charge is 0.416 e. The molecule has 0 aliphatic heterocycles. The highest BCUT2D eigenvalue weighted by Crippen LogP contribution is 2.30. The Labute approximate surface area is 230 Å². The number of hydrogen-bond donors (Lipinski definition) is 3. The highest BCUT2D eigenvalue weighted by Gasteiger charge is 2.30. The van der Waals surface area contributed by atoms with E-state index in [0.29, 0.717) is 42.0 Å².